The van der Waals surface area contributed by atoms with Crippen molar-refractivity contribution in [1.29, 1.82) is 0 Å². The number of nitrogen functional groups attached to an aromatic ring is 1. The number of carbonyl (C=O) groups excluding carboxylic acids is 2. The van der Waals surface area contributed by atoms with E-state index in [0.29, 0.717) is 11.3 Å². The summed E-state index contributed by atoms with van der Waals surface area (Å²) in [7, 11) is 0. The molecule has 0 aromatic heterocycles. The Morgan fingerprint density at radius 3 is 2.31 bits per heavy atom. The third-order valence-corrected chi connectivity index (χ3v) is 3.99. The second-order valence-electron chi connectivity index (χ2n) is 6.46. The number of rotatable bonds is 8. The van der Waals surface area contributed by atoms with Crippen LogP contribution in [0.3, 0.4) is 0 Å². The molecule has 1 unspecified atom stereocenters. The van der Waals surface area contributed by atoms with Crippen LogP contribution in [0.25, 0.3) is 0 Å². The Hall–Kier alpha value is -3.90. The predicted molar refractivity (Wildman–Crippen MR) is 110 cm³/mol. The van der Waals surface area contributed by atoms with Crippen LogP contribution in [0.15, 0.2) is 46.6 Å². The summed E-state index contributed by atoms with van der Waals surface area (Å²) in [4.78, 5) is 33.0. The topological polar surface area (TPSA) is 187 Å². The van der Waals surface area contributed by atoms with Crippen molar-refractivity contribution >= 4 is 34.7 Å². The second kappa shape index (κ2) is 9.94. The number of azo groups is 1. The van der Waals surface area contributed by atoms with Crippen molar-refractivity contribution in [3.63, 3.8) is 0 Å². The maximum atomic E-state index is 11.5. The number of nitrogens with two attached hydrogens (primary N) is 1. The molecule has 0 aliphatic heterocycles. The number of nitro groups is 1. The zero-order valence-electron chi connectivity index (χ0n) is 17.1. The SMILES string of the molecule is [CH2][CH]c1cc(N)c(C(OC(C)=O)C(O)(O)OC(C)=O)cc1N=Nc1ccc([N+](=O)[O-])cc1. The Morgan fingerprint density at radius 2 is 1.81 bits per heavy atom. The lowest BCUT2D eigenvalue weighted by Crippen LogP contribution is -2.42. The lowest BCUT2D eigenvalue weighted by Gasteiger charge is -2.30. The zero-order valence-corrected chi connectivity index (χ0v) is 17.1. The molecule has 2 aromatic carbocycles. The van der Waals surface area contributed by atoms with Gasteiger partial charge in [-0.15, -0.1) is 0 Å². The molecular weight excluding hydrogens is 424 g/mol. The third-order valence-electron chi connectivity index (χ3n) is 3.99. The van der Waals surface area contributed by atoms with Crippen LogP contribution < -0.4 is 5.73 Å². The summed E-state index contributed by atoms with van der Waals surface area (Å²) in [5.41, 5.74) is 6.51. The summed E-state index contributed by atoms with van der Waals surface area (Å²) in [5, 5.41) is 39.2. The molecule has 0 heterocycles. The van der Waals surface area contributed by atoms with Crippen LogP contribution in [0.2, 0.25) is 0 Å². The van der Waals surface area contributed by atoms with Gasteiger partial charge in [0.05, 0.1) is 16.3 Å². The summed E-state index contributed by atoms with van der Waals surface area (Å²) in [6.45, 7) is 5.59. The highest BCUT2D eigenvalue weighted by Crippen LogP contribution is 2.38. The number of hydrogen-bond acceptors (Lipinski definition) is 11. The molecule has 0 bridgehead atoms. The highest BCUT2D eigenvalue weighted by molar-refractivity contribution is 5.69. The number of esters is 2. The second-order valence-corrected chi connectivity index (χ2v) is 6.46. The molecule has 0 fully saturated rings. The average Bonchev–Trinajstić information content (AvgIpc) is 2.70. The van der Waals surface area contributed by atoms with Crippen molar-refractivity contribution in [3.05, 3.63) is 71.0 Å². The molecule has 0 aliphatic carbocycles. The number of non-ortho nitro benzene ring substituents is 1. The first-order valence-electron chi connectivity index (χ1n) is 8.98. The average molecular weight is 444 g/mol. The van der Waals surface area contributed by atoms with E-state index in [1.54, 1.807) is 0 Å². The van der Waals surface area contributed by atoms with Crippen LogP contribution in [0.4, 0.5) is 22.7 Å². The summed E-state index contributed by atoms with van der Waals surface area (Å²) in [6.07, 6.45) is -0.501. The Balaban J connectivity index is 2.52. The minimum Gasteiger partial charge on any atom is -0.447 e. The first kappa shape index (κ1) is 24.4. The Morgan fingerprint density at radius 1 is 1.19 bits per heavy atom. The van der Waals surface area contributed by atoms with E-state index in [2.05, 4.69) is 21.9 Å². The largest absolute Gasteiger partial charge is 0.447 e. The van der Waals surface area contributed by atoms with Crippen LogP contribution >= 0.6 is 0 Å². The highest BCUT2D eigenvalue weighted by atomic mass is 16.8. The number of nitro benzene ring substituents is 1. The van der Waals surface area contributed by atoms with Gasteiger partial charge in [0.2, 0.25) is 6.10 Å². The van der Waals surface area contributed by atoms with Gasteiger partial charge in [-0.05, 0) is 43.2 Å². The highest BCUT2D eigenvalue weighted by Gasteiger charge is 2.44. The minimum absolute atomic E-state index is 0.0416. The van der Waals surface area contributed by atoms with E-state index in [0.717, 1.165) is 13.8 Å². The molecule has 0 saturated heterocycles. The molecule has 2 rings (SSSR count). The zero-order chi connectivity index (χ0) is 24.1. The van der Waals surface area contributed by atoms with E-state index in [9.17, 15) is 29.9 Å². The number of anilines is 1. The minimum atomic E-state index is -3.23. The lowest BCUT2D eigenvalue weighted by atomic mass is 9.99. The number of benzene rings is 2. The van der Waals surface area contributed by atoms with E-state index >= 15 is 0 Å². The Bertz CT molecular complexity index is 1050. The van der Waals surface area contributed by atoms with Gasteiger partial charge in [-0.3, -0.25) is 19.7 Å². The van der Waals surface area contributed by atoms with Crippen molar-refractivity contribution in [1.82, 2.24) is 0 Å². The number of ether oxygens (including phenoxy) is 2. The van der Waals surface area contributed by atoms with Crippen LogP contribution in [-0.2, 0) is 19.1 Å². The molecule has 12 heteroatoms. The van der Waals surface area contributed by atoms with Gasteiger partial charge < -0.3 is 25.4 Å². The summed E-state index contributed by atoms with van der Waals surface area (Å²) < 4.78 is 9.43. The van der Waals surface area contributed by atoms with Crippen LogP contribution in [0, 0.1) is 23.5 Å². The lowest BCUT2D eigenvalue weighted by molar-refractivity contribution is -0.384. The van der Waals surface area contributed by atoms with E-state index in [-0.39, 0.29) is 22.6 Å². The number of hydrogen-bond donors (Lipinski definition) is 3. The Kier molecular flexibility index (Phi) is 7.57. The van der Waals surface area contributed by atoms with Gasteiger partial charge in [0, 0.05) is 37.2 Å². The molecule has 0 amide bonds. The molecular formula is C20H20N4O8. The van der Waals surface area contributed by atoms with Gasteiger partial charge >= 0.3 is 17.9 Å². The van der Waals surface area contributed by atoms with Crippen LogP contribution in [0.1, 0.15) is 31.1 Å². The maximum Gasteiger partial charge on any atom is 0.368 e. The molecule has 2 aromatic rings. The van der Waals surface area contributed by atoms with Gasteiger partial charge in [0.1, 0.15) is 0 Å². The van der Waals surface area contributed by atoms with Crippen molar-refractivity contribution in [2.45, 2.75) is 25.9 Å². The van der Waals surface area contributed by atoms with Crippen molar-refractivity contribution in [3.8, 4) is 0 Å². The molecule has 32 heavy (non-hydrogen) atoms. The molecule has 1 atom stereocenters. The summed E-state index contributed by atoms with van der Waals surface area (Å²) >= 11 is 0. The smallest absolute Gasteiger partial charge is 0.368 e. The molecule has 4 N–H and O–H groups in total. The molecule has 12 nitrogen and oxygen atoms in total. The van der Waals surface area contributed by atoms with Gasteiger partial charge in [0.25, 0.3) is 5.69 Å². The first-order valence-corrected chi connectivity index (χ1v) is 8.98. The Labute approximate surface area is 182 Å². The normalized spacial score (nSPS) is 12.4. The van der Waals surface area contributed by atoms with Gasteiger partial charge in [-0.1, -0.05) is 0 Å². The van der Waals surface area contributed by atoms with Gasteiger partial charge in [-0.25, -0.2) is 0 Å². The fraction of sp³-hybridized carbons (Fsp3) is 0.200. The fourth-order valence-electron chi connectivity index (χ4n) is 2.64. The number of nitrogens with zero attached hydrogens (tertiary/aromatic N) is 3. The third kappa shape index (κ3) is 6.06. The summed E-state index contributed by atoms with van der Waals surface area (Å²) in [5.74, 6) is -5.18. The molecule has 0 aliphatic rings. The number of carbonyl (C=O) groups is 2. The monoisotopic (exact) mass is 444 g/mol. The first-order chi connectivity index (χ1) is 14.9. The van der Waals surface area contributed by atoms with Crippen LogP contribution in [-0.4, -0.2) is 33.0 Å². The fourth-order valence-corrected chi connectivity index (χ4v) is 2.64. The summed E-state index contributed by atoms with van der Waals surface area (Å²) in [6, 6.07) is 7.87. The van der Waals surface area contributed by atoms with E-state index in [4.69, 9.17) is 10.5 Å². The standard InChI is InChI=1S/C20H20N4O8/c1-4-13-9-17(21)16(19(31-11(2)25)20(27,28)32-12(3)26)10-18(13)23-22-14-5-7-15(8-6-14)24(29)30/h4-10,19,27-28H,1,21H2,2-3H3. The van der Waals surface area contributed by atoms with Gasteiger partial charge in [0.15, 0.2) is 0 Å². The predicted octanol–water partition coefficient (Wildman–Crippen LogP) is 2.78. The molecule has 0 saturated carbocycles. The van der Waals surface area contributed by atoms with Crippen molar-refractivity contribution in [2.75, 3.05) is 5.73 Å². The molecule has 0 spiro atoms. The molecule has 168 valence electrons. The van der Waals surface area contributed by atoms with Crippen molar-refractivity contribution < 1.29 is 34.2 Å². The van der Waals surface area contributed by atoms with Gasteiger partial charge in [-0.2, -0.15) is 10.2 Å². The quantitative estimate of drug-likeness (QED) is 0.137. The van der Waals surface area contributed by atoms with E-state index in [1.165, 1.54) is 42.8 Å². The van der Waals surface area contributed by atoms with E-state index in [1.807, 2.05) is 0 Å². The van der Waals surface area contributed by atoms with Crippen LogP contribution in [0.5, 0.6) is 0 Å². The molecule has 2 radical (unpaired) electrons. The van der Waals surface area contributed by atoms with Crippen molar-refractivity contribution in [2.24, 2.45) is 10.2 Å². The maximum absolute atomic E-state index is 11.5. The van der Waals surface area contributed by atoms with E-state index < -0.39 is 28.9 Å². The number of aliphatic hydroxyl groups is 2.